The van der Waals surface area contributed by atoms with E-state index >= 15 is 0 Å². The third-order valence-corrected chi connectivity index (χ3v) is 8.84. The van der Waals surface area contributed by atoms with Gasteiger partial charge in [0.15, 0.2) is 0 Å². The van der Waals surface area contributed by atoms with Crippen LogP contribution in [0.2, 0.25) is 0 Å². The molecule has 2 aromatic rings. The molecule has 0 spiro atoms. The maximum Gasteiger partial charge on any atom is 1.00 e. The van der Waals surface area contributed by atoms with Gasteiger partial charge in [0.05, 0.1) is 0 Å². The van der Waals surface area contributed by atoms with Crippen molar-refractivity contribution in [2.45, 2.75) is 68.2 Å². The Hall–Kier alpha value is -1.53. The molecule has 3 aliphatic rings. The van der Waals surface area contributed by atoms with Crippen molar-refractivity contribution in [2.75, 3.05) is 0 Å². The maximum absolute atomic E-state index is 13.2. The Morgan fingerprint density at radius 1 is 1.03 bits per heavy atom. The number of nitrogens with one attached hydrogen (secondary N) is 1. The summed E-state index contributed by atoms with van der Waals surface area (Å²) >= 11 is 1.69. The summed E-state index contributed by atoms with van der Waals surface area (Å²) in [6.45, 7) is 4.68. The molecular weight excluding hydrogens is 465 g/mol. The van der Waals surface area contributed by atoms with Crippen LogP contribution in [0.25, 0.3) is 0 Å². The summed E-state index contributed by atoms with van der Waals surface area (Å²) in [4.78, 5) is 26.0. The average molecular weight is 500 g/mol. The molecule has 3 saturated carbocycles. The van der Waals surface area contributed by atoms with Crippen molar-refractivity contribution in [3.8, 4) is 0 Å². The van der Waals surface area contributed by atoms with Gasteiger partial charge in [0, 0.05) is 27.4 Å². The van der Waals surface area contributed by atoms with E-state index < -0.39 is 5.97 Å². The number of aliphatic carboxylic acids is 1. The average Bonchev–Trinajstić information content (AvgIpc) is 2.82. The van der Waals surface area contributed by atoms with Gasteiger partial charge >= 0.3 is 29.6 Å². The quantitative estimate of drug-likeness (QED) is 0.310. The molecule has 6 heteroatoms. The number of amides is 1. The molecular formula is C29H34NNaO3S. The van der Waals surface area contributed by atoms with Gasteiger partial charge in [-0.25, -0.2) is 0 Å². The number of rotatable bonds is 10. The normalized spacial score (nSPS) is 24.3. The summed E-state index contributed by atoms with van der Waals surface area (Å²) in [5, 5.41) is 14.0. The van der Waals surface area contributed by atoms with Gasteiger partial charge < -0.3 is 15.2 Å². The van der Waals surface area contributed by atoms with Crippen LogP contribution in [0, 0.1) is 23.2 Å². The molecule has 5 rings (SSSR count). The Bertz CT molecular complexity index is 1020. The predicted octanol–water partition coefficient (Wildman–Crippen LogP) is 2.49. The van der Waals surface area contributed by atoms with Gasteiger partial charge in [-0.3, -0.25) is 4.79 Å². The molecule has 1 N–H and O–H groups in total. The third kappa shape index (κ3) is 7.03. The molecule has 0 heterocycles. The van der Waals surface area contributed by atoms with Crippen molar-refractivity contribution in [2.24, 2.45) is 23.2 Å². The zero-order valence-corrected chi connectivity index (χ0v) is 23.9. The van der Waals surface area contributed by atoms with E-state index in [1.54, 1.807) is 11.8 Å². The van der Waals surface area contributed by atoms with Gasteiger partial charge in [0.25, 0.3) is 5.91 Å². The monoisotopic (exact) mass is 499 g/mol. The number of carbonyl (C=O) groups excluding carboxylic acids is 2. The second kappa shape index (κ2) is 12.6. The first-order valence-electron chi connectivity index (χ1n) is 12.3. The predicted molar refractivity (Wildman–Crippen MR) is 134 cm³/mol. The molecule has 180 valence electrons. The fourth-order valence-corrected chi connectivity index (χ4v) is 6.49. The van der Waals surface area contributed by atoms with Crippen molar-refractivity contribution in [1.82, 2.24) is 5.32 Å². The topological polar surface area (TPSA) is 69.2 Å². The van der Waals surface area contributed by atoms with E-state index in [-0.39, 0.29) is 53.3 Å². The number of carbonyl (C=O) groups is 2. The van der Waals surface area contributed by atoms with Crippen LogP contribution in [0.1, 0.15) is 62.7 Å². The number of carboxylic acid groups (broad SMARTS) is 1. The number of hydrogen-bond donors (Lipinski definition) is 1. The summed E-state index contributed by atoms with van der Waals surface area (Å²) in [5.41, 5.74) is 0.969. The summed E-state index contributed by atoms with van der Waals surface area (Å²) < 4.78 is 0. The van der Waals surface area contributed by atoms with Crippen LogP contribution < -0.4 is 40.0 Å². The SMILES string of the molecule is CC1(C)[C@@H]2C[C@H](C/C=C\CCCC(=O)[O-])[C@@H](NC(=O)c3ccc(Sc4ccccc4)cc3)[C@H]1C2.[Na+]. The molecule has 0 radical (unpaired) electrons. The van der Waals surface area contributed by atoms with Crippen molar-refractivity contribution in [3.63, 3.8) is 0 Å². The molecule has 0 aliphatic heterocycles. The maximum atomic E-state index is 13.2. The van der Waals surface area contributed by atoms with Gasteiger partial charge in [0.1, 0.15) is 0 Å². The second-order valence-electron chi connectivity index (χ2n) is 10.3. The molecule has 3 aliphatic carbocycles. The minimum absolute atomic E-state index is 0. The smallest absolute Gasteiger partial charge is 0.550 e. The fourth-order valence-electron chi connectivity index (χ4n) is 5.65. The van der Waals surface area contributed by atoms with Crippen LogP contribution in [0.4, 0.5) is 0 Å². The Kier molecular flexibility index (Phi) is 10.1. The Labute approximate surface area is 235 Å². The van der Waals surface area contributed by atoms with Crippen molar-refractivity contribution in [1.29, 1.82) is 0 Å². The zero-order valence-electron chi connectivity index (χ0n) is 21.0. The van der Waals surface area contributed by atoms with Crippen LogP contribution in [0.15, 0.2) is 76.5 Å². The minimum Gasteiger partial charge on any atom is -0.550 e. The Morgan fingerprint density at radius 3 is 2.37 bits per heavy atom. The molecule has 1 amide bonds. The van der Waals surface area contributed by atoms with E-state index in [4.69, 9.17) is 0 Å². The molecule has 4 nitrogen and oxygen atoms in total. The van der Waals surface area contributed by atoms with Crippen molar-refractivity contribution >= 4 is 23.6 Å². The molecule has 35 heavy (non-hydrogen) atoms. The number of carboxylic acids is 1. The molecule has 4 atom stereocenters. The summed E-state index contributed by atoms with van der Waals surface area (Å²) in [6, 6.07) is 18.3. The minimum atomic E-state index is -0.988. The summed E-state index contributed by atoms with van der Waals surface area (Å²) in [6.07, 6.45) is 8.97. The van der Waals surface area contributed by atoms with Crippen molar-refractivity contribution < 1.29 is 44.3 Å². The van der Waals surface area contributed by atoms with Gasteiger partial charge in [-0.1, -0.05) is 56.0 Å². The van der Waals surface area contributed by atoms with E-state index in [1.807, 2.05) is 42.5 Å². The number of hydrogen-bond acceptors (Lipinski definition) is 4. The van der Waals surface area contributed by atoms with Gasteiger partial charge in [-0.2, -0.15) is 0 Å². The van der Waals surface area contributed by atoms with Gasteiger partial charge in [-0.05, 0) is 98.1 Å². The third-order valence-electron chi connectivity index (χ3n) is 7.83. The Balaban J connectivity index is 0.00000342. The van der Waals surface area contributed by atoms with Crippen LogP contribution in [0.5, 0.6) is 0 Å². The largest absolute Gasteiger partial charge is 1.00 e. The van der Waals surface area contributed by atoms with Crippen LogP contribution in [0.3, 0.4) is 0 Å². The molecule has 3 fully saturated rings. The number of benzene rings is 2. The van der Waals surface area contributed by atoms with Crippen LogP contribution >= 0.6 is 11.8 Å². The molecule has 2 aromatic carbocycles. The Morgan fingerprint density at radius 2 is 1.71 bits per heavy atom. The van der Waals surface area contributed by atoms with E-state index in [0.717, 1.165) is 30.1 Å². The van der Waals surface area contributed by atoms with Crippen LogP contribution in [-0.2, 0) is 4.79 Å². The summed E-state index contributed by atoms with van der Waals surface area (Å²) in [5.74, 6) is 0.657. The summed E-state index contributed by atoms with van der Waals surface area (Å²) in [7, 11) is 0. The van der Waals surface area contributed by atoms with E-state index in [1.165, 1.54) is 11.3 Å². The molecule has 0 unspecified atom stereocenters. The zero-order chi connectivity index (χ0) is 24.1. The molecule has 0 saturated heterocycles. The van der Waals surface area contributed by atoms with Gasteiger partial charge in [0.2, 0.25) is 0 Å². The molecule has 2 bridgehead atoms. The second-order valence-corrected chi connectivity index (χ2v) is 11.4. The standard InChI is InChI=1S/C29H35NO3S.Na/c1-29(2)22-18-21(10-6-3-4-9-13-26(31)32)27(25(29)19-22)30-28(33)20-14-16-24(17-15-20)34-23-11-7-5-8-12-23;/h3,5-8,11-12,14-17,21-22,25,27H,4,9-10,13,18-19H2,1-2H3,(H,30,33)(H,31,32);/q;+1/p-1/b6-3-;/t21-,22+,25+,27+;/m0./s1. The van der Waals surface area contributed by atoms with E-state index in [0.29, 0.717) is 23.8 Å². The van der Waals surface area contributed by atoms with E-state index in [2.05, 4.69) is 43.4 Å². The van der Waals surface area contributed by atoms with Gasteiger partial charge in [-0.15, -0.1) is 0 Å². The number of allylic oxidation sites excluding steroid dienone is 2. The van der Waals surface area contributed by atoms with Crippen molar-refractivity contribution in [3.05, 3.63) is 72.3 Å². The number of fused-ring (bicyclic) bond motifs is 2. The first kappa shape index (κ1) is 28.0. The fraction of sp³-hybridized carbons (Fsp3) is 0.448. The van der Waals surface area contributed by atoms with Crippen LogP contribution in [-0.4, -0.2) is 17.9 Å². The first-order valence-corrected chi connectivity index (χ1v) is 13.1. The molecule has 0 aromatic heterocycles. The first-order chi connectivity index (χ1) is 16.3. The number of unbranched alkanes of at least 4 members (excludes halogenated alkanes) is 1. The van der Waals surface area contributed by atoms with E-state index in [9.17, 15) is 14.7 Å².